The molecule has 0 radical (unpaired) electrons. The largest absolute Gasteiger partial charge is 0.484 e. The fourth-order valence-electron chi connectivity index (χ4n) is 4.20. The first-order valence-electron chi connectivity index (χ1n) is 10.9. The first-order valence-corrected chi connectivity index (χ1v) is 10.9. The van der Waals surface area contributed by atoms with E-state index in [2.05, 4.69) is 25.4 Å². The van der Waals surface area contributed by atoms with Gasteiger partial charge in [-0.3, -0.25) is 9.78 Å². The first-order chi connectivity index (χ1) is 15.7. The molecule has 1 saturated heterocycles. The number of pyridine rings is 2. The number of fused-ring (bicyclic) bond motifs is 2. The Morgan fingerprint density at radius 2 is 1.94 bits per heavy atom. The molecule has 0 aromatic carbocycles. The molecule has 10 heteroatoms. The lowest BCUT2D eigenvalue weighted by Gasteiger charge is -2.32. The van der Waals surface area contributed by atoms with Gasteiger partial charge < -0.3 is 24.3 Å². The number of halogens is 1. The summed E-state index contributed by atoms with van der Waals surface area (Å²) < 4.78 is 26.2. The van der Waals surface area contributed by atoms with Crippen molar-refractivity contribution in [2.75, 3.05) is 32.8 Å². The molecule has 2 aliphatic rings. The molecule has 3 aromatic heterocycles. The molecule has 1 N–H and O–H groups in total. The van der Waals surface area contributed by atoms with Crippen LogP contribution < -0.4 is 20.3 Å². The Bertz CT molecular complexity index is 1160. The van der Waals surface area contributed by atoms with Gasteiger partial charge in [-0.2, -0.15) is 5.10 Å². The summed E-state index contributed by atoms with van der Waals surface area (Å²) in [7, 11) is 0. The molecule has 0 bridgehead atoms. The van der Waals surface area contributed by atoms with Gasteiger partial charge in [-0.15, -0.1) is 5.10 Å². The van der Waals surface area contributed by atoms with E-state index in [0.717, 1.165) is 38.2 Å². The molecule has 0 spiro atoms. The molecule has 5 rings (SSSR count). The molecule has 3 aromatic rings. The van der Waals surface area contributed by atoms with Crippen LogP contribution in [0, 0.1) is 5.82 Å². The van der Waals surface area contributed by atoms with Crippen molar-refractivity contribution in [1.29, 1.82) is 0 Å². The molecule has 2 aliphatic heterocycles. The normalized spacial score (nSPS) is 17.0. The summed E-state index contributed by atoms with van der Waals surface area (Å²) in [4.78, 5) is 18.7. The van der Waals surface area contributed by atoms with Crippen molar-refractivity contribution in [2.24, 2.45) is 0 Å². The van der Waals surface area contributed by atoms with E-state index in [4.69, 9.17) is 9.47 Å². The number of aromatic nitrogens is 4. The van der Waals surface area contributed by atoms with Gasteiger partial charge in [0, 0.05) is 43.9 Å². The van der Waals surface area contributed by atoms with E-state index in [0.29, 0.717) is 55.0 Å². The lowest BCUT2D eigenvalue weighted by Crippen LogP contribution is -2.43. The number of ether oxygens (including phenoxy) is 2. The Balaban J connectivity index is 1.13. The van der Waals surface area contributed by atoms with Crippen molar-refractivity contribution in [3.05, 3.63) is 52.3 Å². The molecular formula is C22H25FN6O3. The quantitative estimate of drug-likeness (QED) is 0.614. The molecule has 5 heterocycles. The van der Waals surface area contributed by atoms with Crippen LogP contribution in [0.15, 0.2) is 35.3 Å². The molecule has 0 unspecified atom stereocenters. The highest BCUT2D eigenvalue weighted by molar-refractivity contribution is 5.74. The fourth-order valence-corrected chi connectivity index (χ4v) is 4.20. The van der Waals surface area contributed by atoms with Gasteiger partial charge in [-0.1, -0.05) is 0 Å². The zero-order valence-corrected chi connectivity index (χ0v) is 17.7. The average Bonchev–Trinajstić information content (AvgIpc) is 2.82. The van der Waals surface area contributed by atoms with E-state index >= 15 is 0 Å². The molecule has 0 atom stereocenters. The smallest absolute Gasteiger partial charge is 0.276 e. The third-order valence-corrected chi connectivity index (χ3v) is 5.96. The van der Waals surface area contributed by atoms with E-state index in [1.165, 1.54) is 18.3 Å². The summed E-state index contributed by atoms with van der Waals surface area (Å²) in [5, 5.41) is 11.8. The number of hydrogen-bond acceptors (Lipinski definition) is 8. The van der Waals surface area contributed by atoms with Crippen LogP contribution in [0.3, 0.4) is 0 Å². The maximum atomic E-state index is 13.6. The van der Waals surface area contributed by atoms with Crippen molar-refractivity contribution in [2.45, 2.75) is 32.0 Å². The van der Waals surface area contributed by atoms with Crippen molar-refractivity contribution in [3.63, 3.8) is 0 Å². The summed E-state index contributed by atoms with van der Waals surface area (Å²) in [6.45, 7) is 4.74. The summed E-state index contributed by atoms with van der Waals surface area (Å²) in [6, 6.07) is 6.77. The third kappa shape index (κ3) is 4.56. The maximum absolute atomic E-state index is 13.6. The topological polar surface area (TPSA) is 94.4 Å². The Hall–Kier alpha value is -3.11. The highest BCUT2D eigenvalue weighted by atomic mass is 19.1. The number of hydrogen-bond donors (Lipinski definition) is 1. The number of piperidine rings is 1. The van der Waals surface area contributed by atoms with E-state index in [1.807, 2.05) is 6.07 Å². The van der Waals surface area contributed by atoms with Crippen LogP contribution in [0.4, 0.5) is 4.39 Å². The molecule has 1 fully saturated rings. The van der Waals surface area contributed by atoms with E-state index in [1.54, 1.807) is 10.6 Å². The van der Waals surface area contributed by atoms with Crippen LogP contribution in [0.2, 0.25) is 0 Å². The van der Waals surface area contributed by atoms with E-state index in [-0.39, 0.29) is 5.56 Å². The number of nitrogens with zero attached hydrogens (tertiary/aromatic N) is 5. The van der Waals surface area contributed by atoms with E-state index < -0.39 is 5.82 Å². The minimum Gasteiger partial charge on any atom is -0.484 e. The first kappa shape index (κ1) is 20.8. The Labute approximate surface area is 184 Å². The van der Waals surface area contributed by atoms with Crippen LogP contribution in [0.5, 0.6) is 11.6 Å². The standard InChI is InChI=1S/C22H25FN6O3/c23-15-11-19-18(25-13-15)1-2-21(30)29(19)8-7-28-5-3-16(4-6-28)24-14-17-12-20-22(27-26-17)32-10-9-31-20/h1-2,11-13,16,24H,3-10,14H2. The highest BCUT2D eigenvalue weighted by Gasteiger charge is 2.20. The molecule has 0 amide bonds. The van der Waals surface area contributed by atoms with Gasteiger partial charge in [0.2, 0.25) is 0 Å². The number of likely N-dealkylation sites (tertiary alicyclic amines) is 1. The average molecular weight is 440 g/mol. The van der Waals surface area contributed by atoms with Gasteiger partial charge >= 0.3 is 0 Å². The lowest BCUT2D eigenvalue weighted by molar-refractivity contribution is 0.161. The Morgan fingerprint density at radius 3 is 2.81 bits per heavy atom. The minimum absolute atomic E-state index is 0.137. The van der Waals surface area contributed by atoms with Crippen molar-refractivity contribution >= 4 is 11.0 Å². The second-order valence-corrected chi connectivity index (χ2v) is 8.08. The molecule has 32 heavy (non-hydrogen) atoms. The highest BCUT2D eigenvalue weighted by Crippen LogP contribution is 2.26. The number of rotatable bonds is 6. The summed E-state index contributed by atoms with van der Waals surface area (Å²) >= 11 is 0. The van der Waals surface area contributed by atoms with Crippen LogP contribution in [-0.4, -0.2) is 63.5 Å². The third-order valence-electron chi connectivity index (χ3n) is 5.96. The van der Waals surface area contributed by atoms with Crippen molar-refractivity contribution in [3.8, 4) is 11.6 Å². The second kappa shape index (κ2) is 9.17. The Kier molecular flexibility index (Phi) is 5.95. The van der Waals surface area contributed by atoms with Gasteiger partial charge in [-0.05, 0) is 32.0 Å². The van der Waals surface area contributed by atoms with Crippen LogP contribution in [0.25, 0.3) is 11.0 Å². The molecule has 168 valence electrons. The van der Waals surface area contributed by atoms with Crippen molar-refractivity contribution in [1.82, 2.24) is 30.0 Å². The Morgan fingerprint density at radius 1 is 1.09 bits per heavy atom. The predicted molar refractivity (Wildman–Crippen MR) is 115 cm³/mol. The SMILES string of the molecule is O=c1ccc2ncc(F)cc2n1CCN1CCC(NCc2cc3c(nn2)OCCO3)CC1. The van der Waals surface area contributed by atoms with Crippen molar-refractivity contribution < 1.29 is 13.9 Å². The summed E-state index contributed by atoms with van der Waals surface area (Å²) in [5.41, 5.74) is 1.85. The molecular weight excluding hydrogens is 415 g/mol. The molecule has 9 nitrogen and oxygen atoms in total. The van der Waals surface area contributed by atoms with Gasteiger partial charge in [0.05, 0.1) is 22.9 Å². The van der Waals surface area contributed by atoms with Crippen LogP contribution >= 0.6 is 0 Å². The van der Waals surface area contributed by atoms with Gasteiger partial charge in [0.1, 0.15) is 19.0 Å². The van der Waals surface area contributed by atoms with Crippen LogP contribution in [-0.2, 0) is 13.1 Å². The zero-order valence-electron chi connectivity index (χ0n) is 17.7. The van der Waals surface area contributed by atoms with Gasteiger partial charge in [0.25, 0.3) is 11.4 Å². The zero-order chi connectivity index (χ0) is 21.9. The lowest BCUT2D eigenvalue weighted by atomic mass is 10.0. The summed E-state index contributed by atoms with van der Waals surface area (Å²) in [6.07, 6.45) is 3.17. The molecule has 0 saturated carbocycles. The second-order valence-electron chi connectivity index (χ2n) is 8.08. The fraction of sp³-hybridized carbons (Fsp3) is 0.455. The van der Waals surface area contributed by atoms with Gasteiger partial charge in [-0.25, -0.2) is 4.39 Å². The van der Waals surface area contributed by atoms with E-state index in [9.17, 15) is 9.18 Å². The minimum atomic E-state index is -0.438. The van der Waals surface area contributed by atoms with Crippen LogP contribution in [0.1, 0.15) is 18.5 Å². The van der Waals surface area contributed by atoms with Gasteiger partial charge in [0.15, 0.2) is 5.75 Å². The predicted octanol–water partition coefficient (Wildman–Crippen LogP) is 1.35. The molecule has 0 aliphatic carbocycles. The summed E-state index contributed by atoms with van der Waals surface area (Å²) in [5.74, 6) is 0.667. The maximum Gasteiger partial charge on any atom is 0.276 e. The monoisotopic (exact) mass is 440 g/mol. The number of nitrogens with one attached hydrogen (secondary N) is 1.